The number of aliphatic hydroxyl groups excluding tert-OH is 2. The van der Waals surface area contributed by atoms with Gasteiger partial charge in [-0.05, 0) is 50.6 Å². The zero-order valence-electron chi connectivity index (χ0n) is 25.2. The lowest BCUT2D eigenvalue weighted by atomic mass is 9.77. The van der Waals surface area contributed by atoms with Crippen LogP contribution in [0, 0.1) is 0 Å². The topological polar surface area (TPSA) is 165 Å². The fourth-order valence-electron chi connectivity index (χ4n) is 5.86. The predicted molar refractivity (Wildman–Crippen MR) is 163 cm³/mol. The smallest absolute Gasteiger partial charge is 0.349 e. The molecule has 2 aromatic carbocycles. The van der Waals surface area contributed by atoms with Gasteiger partial charge in [0, 0.05) is 41.8 Å². The summed E-state index contributed by atoms with van der Waals surface area (Å²) in [6, 6.07) is 10.2. The molecule has 12 heteroatoms. The Morgan fingerprint density at radius 2 is 1.96 bits per heavy atom. The van der Waals surface area contributed by atoms with Gasteiger partial charge in [-0.15, -0.1) is 0 Å². The Kier molecular flexibility index (Phi) is 9.66. The fraction of sp³-hybridized carbons (Fsp3) is 0.394. The number of hydrogen-bond acceptors (Lipinski definition) is 10. The molecule has 0 saturated heterocycles. The summed E-state index contributed by atoms with van der Waals surface area (Å²) in [4.78, 5) is 53.8. The first-order chi connectivity index (χ1) is 21.7. The number of methoxy groups -OCH3 is 1. The number of ether oxygens (including phenoxy) is 3. The Balaban J connectivity index is 1.61. The number of aliphatic hydroxyl groups is 2. The zero-order valence-corrected chi connectivity index (χ0v) is 25.2. The van der Waals surface area contributed by atoms with Gasteiger partial charge in [-0.25, -0.2) is 4.79 Å². The summed E-state index contributed by atoms with van der Waals surface area (Å²) in [6.07, 6.45) is 0.00129. The summed E-state index contributed by atoms with van der Waals surface area (Å²) < 4.78 is 22.8. The fourth-order valence-corrected chi connectivity index (χ4v) is 5.86. The van der Waals surface area contributed by atoms with Crippen LogP contribution in [0.1, 0.15) is 52.5 Å². The number of benzene rings is 2. The van der Waals surface area contributed by atoms with Crippen LogP contribution < -0.4 is 20.4 Å². The maximum atomic E-state index is 14.2. The van der Waals surface area contributed by atoms with Gasteiger partial charge in [0.15, 0.2) is 11.5 Å². The standard InChI is InChI=1S/C33H36N2O10/c1-18(2)43-12-6-10-35(32(40)23-15-20-7-4-5-8-25(20)44-33(23)41)24-16-22(31(39)34-9-11-36)27-21-13-19(17-37)14-26(42-3)29(21)45-30(27)28(24)38/h4-5,7-8,13-18,24,27-28,30,36,38H,6,9-12H2,1-3H3,(H,34,39). The van der Waals surface area contributed by atoms with Gasteiger partial charge in [0.2, 0.25) is 5.91 Å². The molecule has 45 heavy (non-hydrogen) atoms. The summed E-state index contributed by atoms with van der Waals surface area (Å²) in [6.45, 7) is 3.77. The summed E-state index contributed by atoms with van der Waals surface area (Å²) >= 11 is 0. The second kappa shape index (κ2) is 13.6. The van der Waals surface area contributed by atoms with Gasteiger partial charge in [-0.1, -0.05) is 18.2 Å². The molecule has 12 nitrogen and oxygen atoms in total. The Bertz CT molecular complexity index is 1680. The summed E-state index contributed by atoms with van der Waals surface area (Å²) in [5.41, 5.74) is 0.148. The number of nitrogens with one attached hydrogen (secondary N) is 1. The second-order valence-corrected chi connectivity index (χ2v) is 11.2. The molecule has 238 valence electrons. The van der Waals surface area contributed by atoms with Crippen LogP contribution in [0.25, 0.3) is 11.0 Å². The van der Waals surface area contributed by atoms with Crippen LogP contribution in [-0.2, 0) is 9.53 Å². The third kappa shape index (κ3) is 6.35. The third-order valence-corrected chi connectivity index (χ3v) is 7.90. The number of rotatable bonds is 12. The van der Waals surface area contributed by atoms with E-state index in [0.29, 0.717) is 35.8 Å². The Hall–Kier alpha value is -4.52. The van der Waals surface area contributed by atoms with Crippen LogP contribution >= 0.6 is 0 Å². The predicted octanol–water partition coefficient (Wildman–Crippen LogP) is 2.19. The highest BCUT2D eigenvalue weighted by molar-refractivity contribution is 5.99. The van der Waals surface area contributed by atoms with Crippen molar-refractivity contribution in [1.29, 1.82) is 0 Å². The number of nitrogens with zero attached hydrogens (tertiary/aromatic N) is 1. The molecule has 0 radical (unpaired) electrons. The molecule has 0 saturated carbocycles. The van der Waals surface area contributed by atoms with E-state index in [1.165, 1.54) is 30.2 Å². The molecule has 0 bridgehead atoms. The van der Waals surface area contributed by atoms with Gasteiger partial charge in [0.05, 0.1) is 31.8 Å². The van der Waals surface area contributed by atoms with Gasteiger partial charge in [-0.3, -0.25) is 14.4 Å². The normalized spacial score (nSPS) is 20.2. The molecular weight excluding hydrogens is 584 g/mol. The van der Waals surface area contributed by atoms with Crippen LogP contribution in [0.4, 0.5) is 0 Å². The van der Waals surface area contributed by atoms with Crippen molar-refractivity contribution in [3.05, 3.63) is 81.2 Å². The van der Waals surface area contributed by atoms with Crippen molar-refractivity contribution in [2.45, 2.75) is 50.5 Å². The van der Waals surface area contributed by atoms with Gasteiger partial charge in [0.25, 0.3) is 5.91 Å². The van der Waals surface area contributed by atoms with E-state index in [9.17, 15) is 29.4 Å². The number of aldehydes is 1. The summed E-state index contributed by atoms with van der Waals surface area (Å²) in [5.74, 6) is -1.58. The van der Waals surface area contributed by atoms with Crippen molar-refractivity contribution in [2.24, 2.45) is 0 Å². The summed E-state index contributed by atoms with van der Waals surface area (Å²) in [5, 5.41) is 24.4. The maximum absolute atomic E-state index is 14.2. The number of carbonyl (C=O) groups excluding carboxylic acids is 3. The minimum Gasteiger partial charge on any atom is -0.493 e. The first kappa shape index (κ1) is 31.9. The molecule has 2 amide bonds. The van der Waals surface area contributed by atoms with E-state index in [4.69, 9.17) is 18.6 Å². The minimum absolute atomic E-state index is 0.0421. The van der Waals surface area contributed by atoms with E-state index < -0.39 is 41.6 Å². The molecular formula is C33H36N2O10. The number of amides is 2. The highest BCUT2D eigenvalue weighted by atomic mass is 16.5. The van der Waals surface area contributed by atoms with Crippen LogP contribution in [-0.4, -0.2) is 91.0 Å². The lowest BCUT2D eigenvalue weighted by molar-refractivity contribution is -0.118. The molecule has 3 N–H and O–H groups in total. The maximum Gasteiger partial charge on any atom is 0.349 e. The van der Waals surface area contributed by atoms with Crippen molar-refractivity contribution < 1.29 is 43.2 Å². The van der Waals surface area contributed by atoms with Crippen molar-refractivity contribution in [2.75, 3.05) is 33.4 Å². The van der Waals surface area contributed by atoms with Crippen molar-refractivity contribution in [3.63, 3.8) is 0 Å². The molecule has 3 aromatic rings. The number of para-hydroxylation sites is 1. The molecule has 1 aromatic heterocycles. The zero-order chi connectivity index (χ0) is 32.2. The Labute approximate surface area is 259 Å². The Morgan fingerprint density at radius 3 is 2.67 bits per heavy atom. The largest absolute Gasteiger partial charge is 0.493 e. The minimum atomic E-state index is -1.37. The van der Waals surface area contributed by atoms with Crippen molar-refractivity contribution >= 4 is 29.1 Å². The molecule has 0 fully saturated rings. The van der Waals surface area contributed by atoms with Gasteiger partial charge < -0.3 is 39.1 Å². The molecule has 5 rings (SSSR count). The molecule has 2 heterocycles. The number of hydrogen-bond donors (Lipinski definition) is 3. The van der Waals surface area contributed by atoms with Crippen LogP contribution in [0.3, 0.4) is 0 Å². The van der Waals surface area contributed by atoms with E-state index in [-0.39, 0.29) is 54.0 Å². The first-order valence-electron chi connectivity index (χ1n) is 14.8. The number of carbonyl (C=O) groups is 3. The van der Waals surface area contributed by atoms with Crippen molar-refractivity contribution in [1.82, 2.24) is 10.2 Å². The van der Waals surface area contributed by atoms with E-state index in [2.05, 4.69) is 5.32 Å². The van der Waals surface area contributed by atoms with E-state index >= 15 is 0 Å². The number of fused-ring (bicyclic) bond motifs is 4. The lowest BCUT2D eigenvalue weighted by Gasteiger charge is -2.40. The van der Waals surface area contributed by atoms with Crippen molar-refractivity contribution in [3.8, 4) is 11.5 Å². The Morgan fingerprint density at radius 1 is 1.18 bits per heavy atom. The quantitative estimate of drug-likeness (QED) is 0.155. The molecule has 4 unspecified atom stereocenters. The monoisotopic (exact) mass is 620 g/mol. The SMILES string of the molecule is COc1cc(C=O)cc2c1OC1C2C(C(=O)NCCO)=CC(N(CCCOC(C)C)C(=O)c2cc3ccccc3oc2=O)C1O. The molecule has 2 aliphatic rings. The summed E-state index contributed by atoms with van der Waals surface area (Å²) in [7, 11) is 1.41. The molecule has 1 aliphatic carbocycles. The second-order valence-electron chi connectivity index (χ2n) is 11.2. The van der Waals surface area contributed by atoms with Crippen LogP contribution in [0.15, 0.2) is 63.3 Å². The van der Waals surface area contributed by atoms with E-state index in [1.54, 1.807) is 30.3 Å². The van der Waals surface area contributed by atoms with Gasteiger partial charge in [-0.2, -0.15) is 0 Å². The van der Waals surface area contributed by atoms with Crippen LogP contribution in [0.5, 0.6) is 11.5 Å². The lowest BCUT2D eigenvalue weighted by Crippen LogP contribution is -2.56. The van der Waals surface area contributed by atoms with Gasteiger partial charge in [0.1, 0.15) is 29.6 Å². The average molecular weight is 621 g/mol. The van der Waals surface area contributed by atoms with Gasteiger partial charge >= 0.3 is 5.63 Å². The first-order valence-corrected chi connectivity index (χ1v) is 14.8. The van der Waals surface area contributed by atoms with Crippen LogP contribution in [0.2, 0.25) is 0 Å². The molecule has 1 aliphatic heterocycles. The third-order valence-electron chi connectivity index (χ3n) is 7.90. The molecule has 4 atom stereocenters. The van der Waals surface area contributed by atoms with E-state index in [0.717, 1.165) is 0 Å². The average Bonchev–Trinajstić information content (AvgIpc) is 3.43. The van der Waals surface area contributed by atoms with E-state index in [1.807, 2.05) is 13.8 Å². The highest BCUT2D eigenvalue weighted by Crippen LogP contribution is 2.51. The highest BCUT2D eigenvalue weighted by Gasteiger charge is 2.51. The molecule has 0 spiro atoms.